The molecule has 3 rings (SSSR count). The van der Waals surface area contributed by atoms with E-state index in [1.807, 2.05) is 18.2 Å². The number of benzene rings is 1. The Morgan fingerprint density at radius 1 is 1.39 bits per heavy atom. The van der Waals surface area contributed by atoms with Crippen molar-refractivity contribution < 1.29 is 19.1 Å². The molecule has 0 aliphatic carbocycles. The largest absolute Gasteiger partial charge is 0.491 e. The van der Waals surface area contributed by atoms with Crippen molar-refractivity contribution in [2.24, 2.45) is 0 Å². The second kappa shape index (κ2) is 7.00. The van der Waals surface area contributed by atoms with Crippen molar-refractivity contribution in [1.82, 2.24) is 5.32 Å². The minimum absolute atomic E-state index is 0.0344. The number of nitrogens with one attached hydrogen (secondary N) is 1. The van der Waals surface area contributed by atoms with Gasteiger partial charge in [-0.2, -0.15) is 0 Å². The highest BCUT2D eigenvalue weighted by atomic mass is 16.5. The van der Waals surface area contributed by atoms with Crippen LogP contribution >= 0.6 is 0 Å². The molecular formula is C17H22N2O4. The van der Waals surface area contributed by atoms with Crippen LogP contribution in [-0.2, 0) is 20.7 Å². The zero-order chi connectivity index (χ0) is 16.2. The van der Waals surface area contributed by atoms with E-state index in [1.54, 1.807) is 11.9 Å². The molecule has 1 fully saturated rings. The molecule has 0 bridgehead atoms. The fourth-order valence-electron chi connectivity index (χ4n) is 2.88. The van der Waals surface area contributed by atoms with Gasteiger partial charge in [-0.1, -0.05) is 6.07 Å². The normalized spacial score (nSPS) is 20.7. The van der Waals surface area contributed by atoms with E-state index in [2.05, 4.69) is 5.32 Å². The lowest BCUT2D eigenvalue weighted by Crippen LogP contribution is -2.35. The molecule has 1 saturated heterocycles. The Labute approximate surface area is 135 Å². The van der Waals surface area contributed by atoms with E-state index in [-0.39, 0.29) is 17.9 Å². The minimum atomic E-state index is -0.292. The van der Waals surface area contributed by atoms with Crippen LogP contribution in [0.15, 0.2) is 18.2 Å². The predicted octanol–water partition coefficient (Wildman–Crippen LogP) is 1.27. The summed E-state index contributed by atoms with van der Waals surface area (Å²) < 4.78 is 11.0. The summed E-state index contributed by atoms with van der Waals surface area (Å²) in [4.78, 5) is 25.4. The second-order valence-corrected chi connectivity index (χ2v) is 5.90. The van der Waals surface area contributed by atoms with Gasteiger partial charge < -0.3 is 19.7 Å². The Bertz CT molecular complexity index is 596. The summed E-state index contributed by atoms with van der Waals surface area (Å²) >= 11 is 0. The van der Waals surface area contributed by atoms with Gasteiger partial charge in [0.2, 0.25) is 11.8 Å². The Kier molecular flexibility index (Phi) is 4.81. The first kappa shape index (κ1) is 15.8. The number of carbonyl (C=O) groups is 2. The Hall–Kier alpha value is -2.08. The molecule has 0 radical (unpaired) electrons. The standard InChI is InChI=1S/C17H22N2O4/c1-19-13-11-12(4-5-14(13)23-10-7-16(19)20)6-8-18-17(21)15-3-2-9-22-15/h4-5,11,15H,2-3,6-10H2,1H3,(H,18,21). The Morgan fingerprint density at radius 2 is 2.26 bits per heavy atom. The SMILES string of the molecule is CN1C(=O)CCOc2ccc(CCNC(=O)C3CCCO3)cc21. The van der Waals surface area contributed by atoms with E-state index >= 15 is 0 Å². The quantitative estimate of drug-likeness (QED) is 0.908. The average Bonchev–Trinajstić information content (AvgIpc) is 3.05. The van der Waals surface area contributed by atoms with Gasteiger partial charge in [0, 0.05) is 20.2 Å². The van der Waals surface area contributed by atoms with Gasteiger partial charge in [0.15, 0.2) is 0 Å². The maximum atomic E-state index is 11.9. The molecule has 6 heteroatoms. The number of nitrogens with zero attached hydrogens (tertiary/aromatic N) is 1. The van der Waals surface area contributed by atoms with Gasteiger partial charge in [-0.15, -0.1) is 0 Å². The number of hydrogen-bond acceptors (Lipinski definition) is 4. The van der Waals surface area contributed by atoms with Crippen molar-refractivity contribution >= 4 is 17.5 Å². The number of rotatable bonds is 4. The van der Waals surface area contributed by atoms with Crippen molar-refractivity contribution in [1.29, 1.82) is 0 Å². The summed E-state index contributed by atoms with van der Waals surface area (Å²) in [6, 6.07) is 5.82. The van der Waals surface area contributed by atoms with Crippen LogP contribution in [0, 0.1) is 0 Å². The summed E-state index contributed by atoms with van der Waals surface area (Å²) in [5.74, 6) is 0.742. The van der Waals surface area contributed by atoms with E-state index in [9.17, 15) is 9.59 Å². The van der Waals surface area contributed by atoms with E-state index < -0.39 is 0 Å². The highest BCUT2D eigenvalue weighted by Gasteiger charge is 2.23. The summed E-state index contributed by atoms with van der Waals surface area (Å²) in [5, 5.41) is 2.91. The van der Waals surface area contributed by atoms with Crippen LogP contribution in [0.25, 0.3) is 0 Å². The third-order valence-corrected chi connectivity index (χ3v) is 4.27. The number of anilines is 1. The third-order valence-electron chi connectivity index (χ3n) is 4.27. The number of carbonyl (C=O) groups excluding carboxylic acids is 2. The molecule has 2 aliphatic rings. The van der Waals surface area contributed by atoms with Crippen LogP contribution in [0.3, 0.4) is 0 Å². The van der Waals surface area contributed by atoms with Gasteiger partial charge >= 0.3 is 0 Å². The zero-order valence-electron chi connectivity index (χ0n) is 13.3. The Balaban J connectivity index is 1.59. The van der Waals surface area contributed by atoms with Gasteiger partial charge in [0.05, 0.1) is 18.7 Å². The smallest absolute Gasteiger partial charge is 0.249 e. The molecule has 2 heterocycles. The van der Waals surface area contributed by atoms with E-state index in [4.69, 9.17) is 9.47 Å². The van der Waals surface area contributed by atoms with Crippen molar-refractivity contribution in [2.75, 3.05) is 31.7 Å². The highest BCUT2D eigenvalue weighted by molar-refractivity contribution is 5.95. The fourth-order valence-corrected chi connectivity index (χ4v) is 2.88. The summed E-state index contributed by atoms with van der Waals surface area (Å²) in [5.41, 5.74) is 1.84. The third kappa shape index (κ3) is 3.64. The molecule has 1 aromatic rings. The minimum Gasteiger partial charge on any atom is -0.491 e. The van der Waals surface area contributed by atoms with Crippen molar-refractivity contribution in [3.05, 3.63) is 23.8 Å². The molecule has 1 N–H and O–H groups in total. The molecule has 0 spiro atoms. The zero-order valence-corrected chi connectivity index (χ0v) is 13.3. The fraction of sp³-hybridized carbons (Fsp3) is 0.529. The molecular weight excluding hydrogens is 296 g/mol. The number of fused-ring (bicyclic) bond motifs is 1. The number of hydrogen-bond donors (Lipinski definition) is 1. The van der Waals surface area contributed by atoms with E-state index in [0.29, 0.717) is 32.6 Å². The lowest BCUT2D eigenvalue weighted by Gasteiger charge is -2.17. The topological polar surface area (TPSA) is 67.9 Å². The number of amides is 2. The second-order valence-electron chi connectivity index (χ2n) is 5.90. The van der Waals surface area contributed by atoms with Crippen LogP contribution in [0.2, 0.25) is 0 Å². The molecule has 1 unspecified atom stereocenters. The summed E-state index contributed by atoms with van der Waals surface area (Å²) in [6.45, 7) is 1.63. The maximum absolute atomic E-state index is 11.9. The van der Waals surface area contributed by atoms with E-state index in [1.165, 1.54) is 0 Å². The molecule has 0 aromatic heterocycles. The first-order valence-electron chi connectivity index (χ1n) is 8.07. The van der Waals surface area contributed by atoms with Crippen LogP contribution < -0.4 is 15.0 Å². The van der Waals surface area contributed by atoms with Gasteiger partial charge in [-0.25, -0.2) is 0 Å². The molecule has 0 saturated carbocycles. The highest BCUT2D eigenvalue weighted by Crippen LogP contribution is 2.31. The molecule has 124 valence electrons. The van der Waals surface area contributed by atoms with Gasteiger partial charge in [-0.3, -0.25) is 9.59 Å². The van der Waals surface area contributed by atoms with Gasteiger partial charge in [-0.05, 0) is 37.0 Å². The number of ether oxygens (including phenoxy) is 2. The molecule has 2 aliphatic heterocycles. The lowest BCUT2D eigenvalue weighted by atomic mass is 10.1. The predicted molar refractivity (Wildman–Crippen MR) is 85.7 cm³/mol. The monoisotopic (exact) mass is 318 g/mol. The molecule has 6 nitrogen and oxygen atoms in total. The molecule has 1 aromatic carbocycles. The lowest BCUT2D eigenvalue weighted by molar-refractivity contribution is -0.130. The summed E-state index contributed by atoms with van der Waals surface area (Å²) in [7, 11) is 1.76. The van der Waals surface area contributed by atoms with Crippen molar-refractivity contribution in [2.45, 2.75) is 31.8 Å². The van der Waals surface area contributed by atoms with Crippen molar-refractivity contribution in [3.63, 3.8) is 0 Å². The molecule has 2 amide bonds. The van der Waals surface area contributed by atoms with Gasteiger partial charge in [0.1, 0.15) is 11.9 Å². The van der Waals surface area contributed by atoms with Crippen LogP contribution in [-0.4, -0.2) is 44.7 Å². The molecule has 1 atom stereocenters. The van der Waals surface area contributed by atoms with Crippen LogP contribution in [0.1, 0.15) is 24.8 Å². The first-order chi connectivity index (χ1) is 11.1. The molecule has 23 heavy (non-hydrogen) atoms. The van der Waals surface area contributed by atoms with Crippen LogP contribution in [0.4, 0.5) is 5.69 Å². The summed E-state index contributed by atoms with van der Waals surface area (Å²) in [6.07, 6.45) is 2.54. The Morgan fingerprint density at radius 3 is 3.04 bits per heavy atom. The van der Waals surface area contributed by atoms with Crippen LogP contribution in [0.5, 0.6) is 5.75 Å². The van der Waals surface area contributed by atoms with Gasteiger partial charge in [0.25, 0.3) is 0 Å². The van der Waals surface area contributed by atoms with Crippen molar-refractivity contribution in [3.8, 4) is 5.75 Å². The first-order valence-corrected chi connectivity index (χ1v) is 8.07. The maximum Gasteiger partial charge on any atom is 0.249 e. The van der Waals surface area contributed by atoms with E-state index in [0.717, 1.165) is 29.8 Å². The average molecular weight is 318 g/mol.